The fourth-order valence-electron chi connectivity index (χ4n) is 5.18. The molecule has 9 nitrogen and oxygen atoms in total. The highest BCUT2D eigenvalue weighted by atomic mass is 35.5. The third kappa shape index (κ3) is 3.60. The first-order valence-electron chi connectivity index (χ1n) is 11.0. The Morgan fingerprint density at radius 3 is 1.79 bits per heavy atom. The number of ketones is 1. The number of halogens is 6. The van der Waals surface area contributed by atoms with Crippen molar-refractivity contribution < 1.29 is 24.1 Å². The van der Waals surface area contributed by atoms with E-state index in [0.717, 1.165) is 24.3 Å². The maximum absolute atomic E-state index is 13.8. The van der Waals surface area contributed by atoms with Crippen LogP contribution in [-0.4, -0.2) is 59.1 Å². The number of fused-ring (bicyclic) bond motifs is 5. The Morgan fingerprint density at radius 1 is 0.846 bits per heavy atom. The van der Waals surface area contributed by atoms with Crippen LogP contribution >= 0.6 is 69.6 Å². The average Bonchev–Trinajstić information content (AvgIpc) is 3.30. The Hall–Kier alpha value is -2.40. The highest BCUT2D eigenvalue weighted by Gasteiger charge is 2.88. The zero-order valence-electron chi connectivity index (χ0n) is 19.1. The van der Waals surface area contributed by atoms with Gasteiger partial charge in [-0.2, -0.15) is 5.01 Å². The molecule has 2 aliphatic carbocycles. The van der Waals surface area contributed by atoms with E-state index >= 15 is 0 Å². The van der Waals surface area contributed by atoms with Crippen LogP contribution in [0.25, 0.3) is 0 Å². The molecule has 2 bridgehead atoms. The number of hydrogen-bond acceptors (Lipinski definition) is 6. The SMILES string of the molecule is O=C(CN(C(=O)c1ccc([N+](=O)[O-])cc1)N1C(=O)[C@H]2[C@H](C1=O)[C@@]1(Cl)C(Cl)=C(Cl)[C@@]2(Cl)C1(Cl)Cl)c1ccccc1. The van der Waals surface area contributed by atoms with Gasteiger partial charge in [0.2, 0.25) is 0 Å². The van der Waals surface area contributed by atoms with Gasteiger partial charge in [0, 0.05) is 23.3 Å². The number of hydrazine groups is 1. The van der Waals surface area contributed by atoms with E-state index in [1.807, 2.05) is 0 Å². The Morgan fingerprint density at radius 2 is 1.33 bits per heavy atom. The van der Waals surface area contributed by atoms with Gasteiger partial charge in [0.15, 0.2) is 10.1 Å². The predicted molar refractivity (Wildman–Crippen MR) is 144 cm³/mol. The summed E-state index contributed by atoms with van der Waals surface area (Å²) < 4.78 is -2.18. The summed E-state index contributed by atoms with van der Waals surface area (Å²) >= 11 is 39.2. The molecule has 2 aromatic carbocycles. The summed E-state index contributed by atoms with van der Waals surface area (Å²) in [5, 5.41) is 11.5. The average molecular weight is 652 g/mol. The Kier molecular flexibility index (Phi) is 6.73. The molecule has 0 aromatic heterocycles. The van der Waals surface area contributed by atoms with Gasteiger partial charge in [0.1, 0.15) is 16.3 Å². The predicted octanol–water partition coefficient (Wildman–Crippen LogP) is 5.28. The van der Waals surface area contributed by atoms with E-state index in [4.69, 9.17) is 69.6 Å². The van der Waals surface area contributed by atoms with Crippen LogP contribution in [-0.2, 0) is 9.59 Å². The second kappa shape index (κ2) is 9.33. The van der Waals surface area contributed by atoms with E-state index in [0.29, 0.717) is 10.0 Å². The van der Waals surface area contributed by atoms with Crippen molar-refractivity contribution in [2.45, 2.75) is 14.1 Å². The monoisotopic (exact) mass is 649 g/mol. The lowest BCUT2D eigenvalue weighted by Crippen LogP contribution is -2.56. The molecule has 2 aromatic rings. The number of carbonyl (C=O) groups excluding carboxylic acids is 4. The van der Waals surface area contributed by atoms with Crippen molar-refractivity contribution in [3.63, 3.8) is 0 Å². The van der Waals surface area contributed by atoms with Gasteiger partial charge in [-0.15, -0.1) is 23.2 Å². The van der Waals surface area contributed by atoms with Gasteiger partial charge in [0.25, 0.3) is 23.4 Å². The van der Waals surface area contributed by atoms with Crippen molar-refractivity contribution in [2.24, 2.45) is 11.8 Å². The van der Waals surface area contributed by atoms with Gasteiger partial charge in [-0.3, -0.25) is 29.3 Å². The highest BCUT2D eigenvalue weighted by molar-refractivity contribution is 6.66. The van der Waals surface area contributed by atoms with E-state index < -0.39 is 60.9 Å². The van der Waals surface area contributed by atoms with Crippen LogP contribution < -0.4 is 0 Å². The zero-order chi connectivity index (χ0) is 28.7. The lowest BCUT2D eigenvalue weighted by Gasteiger charge is -2.36. The number of imide groups is 1. The number of benzene rings is 2. The number of Topliss-reactive ketones (excluding diaryl/α,β-unsaturated/α-hetero) is 1. The lowest BCUT2D eigenvalue weighted by molar-refractivity contribution is -0.384. The minimum Gasteiger partial charge on any atom is -0.292 e. The minimum absolute atomic E-state index is 0.151. The molecule has 3 aliphatic rings. The van der Waals surface area contributed by atoms with Crippen molar-refractivity contribution >= 4 is 98.8 Å². The summed E-state index contributed by atoms with van der Waals surface area (Å²) in [5.41, 5.74) is -0.266. The maximum Gasteiger partial charge on any atom is 0.273 e. The van der Waals surface area contributed by atoms with Crippen LogP contribution in [0.5, 0.6) is 0 Å². The topological polar surface area (TPSA) is 118 Å². The number of carbonyl (C=O) groups is 4. The van der Waals surface area contributed by atoms with Crippen LogP contribution in [0.4, 0.5) is 5.69 Å². The number of amides is 3. The quantitative estimate of drug-likeness (QED) is 0.138. The second-order valence-corrected chi connectivity index (χ2v) is 12.3. The Labute approximate surface area is 250 Å². The number of hydrogen-bond donors (Lipinski definition) is 0. The molecule has 15 heteroatoms. The van der Waals surface area contributed by atoms with E-state index in [2.05, 4.69) is 0 Å². The van der Waals surface area contributed by atoms with Crippen molar-refractivity contribution in [2.75, 3.05) is 6.54 Å². The number of allylic oxidation sites excluding steroid dienone is 2. The molecule has 0 radical (unpaired) electrons. The van der Waals surface area contributed by atoms with Gasteiger partial charge in [-0.25, -0.2) is 5.01 Å². The first kappa shape index (κ1) is 28.1. The molecule has 3 amide bonds. The van der Waals surface area contributed by atoms with Gasteiger partial charge >= 0.3 is 0 Å². The molecule has 2 fully saturated rings. The normalized spacial score (nSPS) is 28.6. The summed E-state index contributed by atoms with van der Waals surface area (Å²) in [6.07, 6.45) is 0. The molecule has 1 heterocycles. The largest absolute Gasteiger partial charge is 0.292 e. The van der Waals surface area contributed by atoms with Crippen LogP contribution in [0, 0.1) is 22.0 Å². The lowest BCUT2D eigenvalue weighted by atomic mass is 9.84. The third-order valence-corrected chi connectivity index (χ3v) is 11.3. The Bertz CT molecular complexity index is 1450. The molecule has 1 saturated carbocycles. The van der Waals surface area contributed by atoms with Crippen molar-refractivity contribution in [1.82, 2.24) is 10.0 Å². The molecule has 0 N–H and O–H groups in total. The van der Waals surface area contributed by atoms with Crippen LogP contribution in [0.3, 0.4) is 0 Å². The molecule has 1 saturated heterocycles. The molecule has 202 valence electrons. The van der Waals surface area contributed by atoms with Gasteiger partial charge in [-0.05, 0) is 12.1 Å². The standard InChI is InChI=1S/C24H13Cl6N3O6/c25-17-18(26)23(28)16-15(22(17,27)24(23,29)30)20(36)32(21(16)37)31(10-14(34)11-4-2-1-3-5-11)19(35)12-6-8-13(9-7-12)33(38)39/h1-9,15-16H,10H2/t15-,16-,22-,23-/m1/s1. The summed E-state index contributed by atoms with van der Waals surface area (Å²) in [6, 6.07) is 12.2. The molecular weight excluding hydrogens is 639 g/mol. The zero-order valence-corrected chi connectivity index (χ0v) is 23.7. The Balaban J connectivity index is 1.59. The van der Waals surface area contributed by atoms with E-state index in [-0.39, 0.29) is 26.9 Å². The summed E-state index contributed by atoms with van der Waals surface area (Å²) in [6.45, 7) is -0.761. The first-order valence-corrected chi connectivity index (χ1v) is 13.3. The molecule has 4 atom stereocenters. The first-order chi connectivity index (χ1) is 18.2. The molecule has 39 heavy (non-hydrogen) atoms. The van der Waals surface area contributed by atoms with Crippen molar-refractivity contribution in [3.05, 3.63) is 85.9 Å². The number of nitro benzene ring substituents is 1. The number of nitro groups is 1. The highest BCUT2D eigenvalue weighted by Crippen LogP contribution is 2.77. The fourth-order valence-corrected chi connectivity index (χ4v) is 8.11. The van der Waals surface area contributed by atoms with Gasteiger partial charge in [0.05, 0.1) is 26.8 Å². The van der Waals surface area contributed by atoms with E-state index in [1.54, 1.807) is 18.2 Å². The van der Waals surface area contributed by atoms with Gasteiger partial charge < -0.3 is 0 Å². The summed E-state index contributed by atoms with van der Waals surface area (Å²) in [7, 11) is 0. The smallest absolute Gasteiger partial charge is 0.273 e. The number of rotatable bonds is 6. The number of alkyl halides is 4. The summed E-state index contributed by atoms with van der Waals surface area (Å²) in [4.78, 5) is 60.6. The van der Waals surface area contributed by atoms with Crippen LogP contribution in [0.2, 0.25) is 0 Å². The number of non-ortho nitro benzene ring substituents is 1. The van der Waals surface area contributed by atoms with Crippen LogP contribution in [0.1, 0.15) is 20.7 Å². The molecular formula is C24H13Cl6N3O6. The fraction of sp³-hybridized carbons (Fsp3) is 0.250. The summed E-state index contributed by atoms with van der Waals surface area (Å²) in [5.74, 6) is -6.74. The molecule has 5 rings (SSSR count). The van der Waals surface area contributed by atoms with E-state index in [1.165, 1.54) is 12.1 Å². The third-order valence-electron chi connectivity index (χ3n) is 7.08. The van der Waals surface area contributed by atoms with Crippen LogP contribution in [0.15, 0.2) is 64.7 Å². The number of nitrogens with zero attached hydrogens (tertiary/aromatic N) is 3. The molecule has 0 spiro atoms. The van der Waals surface area contributed by atoms with E-state index in [9.17, 15) is 29.3 Å². The molecule has 0 unspecified atom stereocenters. The maximum atomic E-state index is 13.8. The minimum atomic E-state index is -2.18. The molecule has 1 aliphatic heterocycles. The van der Waals surface area contributed by atoms with Gasteiger partial charge in [-0.1, -0.05) is 76.7 Å². The van der Waals surface area contributed by atoms with Crippen molar-refractivity contribution in [3.8, 4) is 0 Å². The second-order valence-electron chi connectivity index (χ2n) is 9.03. The van der Waals surface area contributed by atoms with Crippen molar-refractivity contribution in [1.29, 1.82) is 0 Å².